The molecule has 0 amide bonds. The summed E-state index contributed by atoms with van der Waals surface area (Å²) < 4.78 is 0. The molecule has 4 aromatic rings. The van der Waals surface area contributed by atoms with E-state index in [2.05, 4.69) is 179 Å². The summed E-state index contributed by atoms with van der Waals surface area (Å²) in [6, 6.07) is 33.1. The van der Waals surface area contributed by atoms with Gasteiger partial charge in [0.1, 0.15) is 0 Å². The molecule has 1 heteroatoms. The van der Waals surface area contributed by atoms with Gasteiger partial charge >= 0.3 is 0 Å². The maximum Gasteiger partial charge on any atom is 0.0722 e. The average Bonchev–Trinajstić information content (AvgIpc) is 3.58. The lowest BCUT2D eigenvalue weighted by molar-refractivity contribution is 0.590. The Morgan fingerprint density at radius 3 is 1.16 bits per heavy atom. The summed E-state index contributed by atoms with van der Waals surface area (Å²) in [5.74, 6) is 1.23. The number of hydrogen-bond donors (Lipinski definition) is 0. The van der Waals surface area contributed by atoms with Crippen molar-refractivity contribution in [2.45, 2.75) is 117 Å². The fraction of sp³-hybridized carbons (Fsp3) is 0.417. The van der Waals surface area contributed by atoms with Gasteiger partial charge in [0, 0.05) is 11.1 Å². The zero-order valence-electron chi connectivity index (χ0n) is 32.5. The lowest BCUT2D eigenvalue weighted by Crippen LogP contribution is -2.43. The Labute approximate surface area is 299 Å². The molecular weight excluding hydrogens is 605 g/mol. The minimum atomic E-state index is -2.05. The topological polar surface area (TPSA) is 0 Å². The molecule has 0 fully saturated rings. The summed E-state index contributed by atoms with van der Waals surface area (Å²) in [6.07, 6.45) is 7.55. The van der Waals surface area contributed by atoms with Crippen molar-refractivity contribution in [2.24, 2.45) is 11.8 Å². The molecule has 49 heavy (non-hydrogen) atoms. The maximum atomic E-state index is 2.71. The molecule has 0 aliphatic heterocycles. The molecule has 6 rings (SSSR count). The number of hydrogen-bond acceptors (Lipinski definition) is 0. The fourth-order valence-electron chi connectivity index (χ4n) is 8.95. The highest BCUT2D eigenvalue weighted by Gasteiger charge is 2.48. The third kappa shape index (κ3) is 6.85. The number of benzene rings is 4. The van der Waals surface area contributed by atoms with Gasteiger partial charge in [-0.15, -0.1) is 0 Å². The first-order valence-corrected chi connectivity index (χ1v) is 22.0. The zero-order valence-corrected chi connectivity index (χ0v) is 33.5. The van der Waals surface area contributed by atoms with Crippen LogP contribution in [0.4, 0.5) is 0 Å². The van der Waals surface area contributed by atoms with Crippen molar-refractivity contribution in [2.75, 3.05) is 0 Å². The molecule has 0 nitrogen and oxygen atoms in total. The molecule has 0 radical (unpaired) electrons. The lowest BCUT2D eigenvalue weighted by atomic mass is 9.86. The molecule has 0 saturated carbocycles. The van der Waals surface area contributed by atoms with Gasteiger partial charge in [-0.25, -0.2) is 0 Å². The SMILES string of the molecule is CC(C)CC1=Cc2c(-c3ccc(C(C)(C)C)cc3)cccc2C1[Si](C)(C)C1C(CC(C)C)=Cc2c(-c3ccc(C(C)(C)C)cc3)cccc21. The smallest absolute Gasteiger partial charge is 0.0679 e. The minimum Gasteiger partial charge on any atom is -0.0679 e. The molecule has 0 spiro atoms. The molecule has 2 aliphatic rings. The Bertz CT molecular complexity index is 1740. The molecular formula is C48H60Si. The summed E-state index contributed by atoms with van der Waals surface area (Å²) in [6.45, 7) is 28.8. The van der Waals surface area contributed by atoms with Crippen LogP contribution < -0.4 is 0 Å². The molecule has 0 N–H and O–H groups in total. The van der Waals surface area contributed by atoms with Crippen LogP contribution in [-0.4, -0.2) is 8.07 Å². The quantitative estimate of drug-likeness (QED) is 0.164. The van der Waals surface area contributed by atoms with Gasteiger partial charge in [0.05, 0.1) is 8.07 Å². The second-order valence-corrected chi connectivity index (χ2v) is 23.4. The van der Waals surface area contributed by atoms with E-state index in [1.807, 2.05) is 0 Å². The van der Waals surface area contributed by atoms with E-state index in [0.29, 0.717) is 22.9 Å². The van der Waals surface area contributed by atoms with Gasteiger partial charge < -0.3 is 0 Å². The molecule has 2 atom stereocenters. The van der Waals surface area contributed by atoms with Gasteiger partial charge in [-0.3, -0.25) is 0 Å². The van der Waals surface area contributed by atoms with Crippen LogP contribution in [0, 0.1) is 11.8 Å². The van der Waals surface area contributed by atoms with Crippen LogP contribution in [-0.2, 0) is 10.8 Å². The van der Waals surface area contributed by atoms with Gasteiger partial charge in [0.25, 0.3) is 0 Å². The second kappa shape index (κ2) is 13.0. The standard InChI is InChI=1S/C48H60Si/c1-31(2)27-35-29-43-39(33-19-23-37(24-20-33)47(5,6)7)15-13-17-41(43)45(35)49(11,12)46-36(28-32(3)4)30-44-40(16-14-18-42(44)46)34-21-25-38(26-22-34)48(8,9)10/h13-26,29-32,45-46H,27-28H2,1-12H3. The van der Waals surface area contributed by atoms with Crippen molar-refractivity contribution in [3.05, 3.63) is 129 Å². The van der Waals surface area contributed by atoms with Crippen molar-refractivity contribution in [3.63, 3.8) is 0 Å². The Kier molecular flexibility index (Phi) is 9.42. The van der Waals surface area contributed by atoms with Crippen LogP contribution >= 0.6 is 0 Å². The summed E-state index contributed by atoms with van der Waals surface area (Å²) in [5, 5.41) is 0. The molecule has 2 unspecified atom stereocenters. The molecule has 0 heterocycles. The normalized spacial score (nSPS) is 17.8. The molecule has 256 valence electrons. The van der Waals surface area contributed by atoms with Crippen molar-refractivity contribution in [3.8, 4) is 22.3 Å². The van der Waals surface area contributed by atoms with Gasteiger partial charge in [0.2, 0.25) is 0 Å². The highest BCUT2D eigenvalue weighted by Crippen LogP contribution is 2.56. The second-order valence-electron chi connectivity index (χ2n) is 18.6. The van der Waals surface area contributed by atoms with E-state index in [9.17, 15) is 0 Å². The number of allylic oxidation sites excluding steroid dienone is 2. The van der Waals surface area contributed by atoms with E-state index in [1.165, 1.54) is 44.5 Å². The van der Waals surface area contributed by atoms with Gasteiger partial charge in [0.15, 0.2) is 0 Å². The average molecular weight is 665 g/mol. The molecule has 2 aliphatic carbocycles. The monoisotopic (exact) mass is 664 g/mol. The summed E-state index contributed by atoms with van der Waals surface area (Å²) >= 11 is 0. The van der Waals surface area contributed by atoms with Crippen LogP contribution in [0.5, 0.6) is 0 Å². The highest BCUT2D eigenvalue weighted by molar-refractivity contribution is 6.81. The van der Waals surface area contributed by atoms with Crippen LogP contribution in [0.25, 0.3) is 34.4 Å². The Morgan fingerprint density at radius 1 is 0.510 bits per heavy atom. The molecule has 0 bridgehead atoms. The van der Waals surface area contributed by atoms with Gasteiger partial charge in [-0.2, -0.15) is 0 Å². The fourth-order valence-corrected chi connectivity index (χ4v) is 13.7. The summed E-state index contributed by atoms with van der Waals surface area (Å²) in [7, 11) is -2.05. The van der Waals surface area contributed by atoms with Crippen molar-refractivity contribution >= 4 is 20.2 Å². The Hall–Kier alpha value is -3.42. The predicted octanol–water partition coefficient (Wildman–Crippen LogP) is 14.2. The number of fused-ring (bicyclic) bond motifs is 2. The van der Waals surface area contributed by atoms with E-state index in [4.69, 9.17) is 0 Å². The molecule has 0 aromatic heterocycles. The number of rotatable bonds is 8. The van der Waals surface area contributed by atoms with E-state index < -0.39 is 8.07 Å². The summed E-state index contributed by atoms with van der Waals surface area (Å²) in [4.78, 5) is 0. The van der Waals surface area contributed by atoms with E-state index in [-0.39, 0.29) is 10.8 Å². The minimum absolute atomic E-state index is 0.150. The van der Waals surface area contributed by atoms with Crippen LogP contribution in [0.1, 0.15) is 127 Å². The first-order valence-electron chi connectivity index (χ1n) is 18.9. The van der Waals surface area contributed by atoms with Crippen molar-refractivity contribution in [1.82, 2.24) is 0 Å². The first kappa shape index (κ1) is 35.4. The van der Waals surface area contributed by atoms with Crippen LogP contribution in [0.2, 0.25) is 13.1 Å². The third-order valence-corrected chi connectivity index (χ3v) is 15.5. The lowest BCUT2D eigenvalue weighted by Gasteiger charge is -2.41. The predicted molar refractivity (Wildman–Crippen MR) is 219 cm³/mol. The largest absolute Gasteiger partial charge is 0.0722 e. The van der Waals surface area contributed by atoms with E-state index in [0.717, 1.165) is 12.8 Å². The third-order valence-electron chi connectivity index (χ3n) is 11.2. The van der Waals surface area contributed by atoms with E-state index in [1.54, 1.807) is 22.3 Å². The Morgan fingerprint density at radius 2 is 0.857 bits per heavy atom. The van der Waals surface area contributed by atoms with Crippen LogP contribution in [0.15, 0.2) is 96.1 Å². The molecule has 4 aromatic carbocycles. The van der Waals surface area contributed by atoms with Crippen LogP contribution in [0.3, 0.4) is 0 Å². The maximum absolute atomic E-state index is 2.71. The van der Waals surface area contributed by atoms with Crippen molar-refractivity contribution < 1.29 is 0 Å². The Balaban J connectivity index is 1.47. The van der Waals surface area contributed by atoms with Gasteiger partial charge in [-0.05, 0) is 91.1 Å². The highest BCUT2D eigenvalue weighted by atomic mass is 28.3. The first-order chi connectivity index (χ1) is 23.0. The van der Waals surface area contributed by atoms with Crippen molar-refractivity contribution in [1.29, 1.82) is 0 Å². The van der Waals surface area contributed by atoms with Gasteiger partial charge in [-0.1, -0.05) is 191 Å². The molecule has 0 saturated heterocycles. The zero-order chi connectivity index (χ0) is 35.5. The summed E-state index contributed by atoms with van der Waals surface area (Å²) in [5.41, 5.74) is 18.9. The van der Waals surface area contributed by atoms with E-state index >= 15 is 0 Å².